The van der Waals surface area contributed by atoms with Crippen molar-refractivity contribution >= 4 is 0 Å². The smallest absolute Gasteiger partial charge is 0.180 e. The van der Waals surface area contributed by atoms with Gasteiger partial charge in [0.05, 0.1) is 0 Å². The average molecular weight is 234 g/mol. The van der Waals surface area contributed by atoms with E-state index in [2.05, 4.69) is 32.9 Å². The van der Waals surface area contributed by atoms with Crippen LogP contribution in [0.4, 0.5) is 0 Å². The minimum atomic E-state index is 0. The second-order valence-corrected chi connectivity index (χ2v) is 2.91. The molecule has 1 aromatic rings. The van der Waals surface area contributed by atoms with Crippen molar-refractivity contribution in [2.45, 2.75) is 26.7 Å². The van der Waals surface area contributed by atoms with E-state index < -0.39 is 0 Å². The van der Waals surface area contributed by atoms with Gasteiger partial charge in [-0.2, -0.15) is 35.4 Å². The van der Waals surface area contributed by atoms with Gasteiger partial charge >= 0.3 is 19.5 Å². The van der Waals surface area contributed by atoms with Crippen molar-refractivity contribution in [2.75, 3.05) is 0 Å². The van der Waals surface area contributed by atoms with E-state index in [1.807, 2.05) is 12.1 Å². The summed E-state index contributed by atoms with van der Waals surface area (Å²) < 4.78 is 0. The Morgan fingerprint density at radius 1 is 1.36 bits per heavy atom. The number of hydrogen-bond acceptors (Lipinski definition) is 0. The summed E-state index contributed by atoms with van der Waals surface area (Å²) in [7, 11) is 0. The van der Waals surface area contributed by atoms with Gasteiger partial charge in [0.2, 0.25) is 0 Å². The molecule has 0 nitrogen and oxygen atoms in total. The van der Waals surface area contributed by atoms with Crippen LogP contribution < -0.4 is 0 Å². The zero-order valence-corrected chi connectivity index (χ0v) is 8.90. The molecule has 0 spiro atoms. The monoisotopic (exact) mass is 235 g/mol. The summed E-state index contributed by atoms with van der Waals surface area (Å²) in [6.07, 6.45) is 0. The Hall–Kier alpha value is -0.157. The van der Waals surface area contributed by atoms with Crippen LogP contribution in [0, 0.1) is 13.0 Å². The van der Waals surface area contributed by atoms with Gasteiger partial charge in [-0.3, -0.25) is 0 Å². The molecule has 0 saturated carbocycles. The molecule has 0 bridgehead atoms. The molecule has 1 radical (unpaired) electrons. The number of benzene rings is 1. The third-order valence-corrected chi connectivity index (χ3v) is 1.73. The Balaban J connectivity index is 0.000001000. The third-order valence-electron chi connectivity index (χ3n) is 1.73. The van der Waals surface area contributed by atoms with Crippen LogP contribution in [0.3, 0.4) is 0 Å². The van der Waals surface area contributed by atoms with Gasteiger partial charge in [0, 0.05) is 0 Å². The standard InChI is InChI=1S/C10H13.Ru/c1-8(2)10-7-5-4-6-9(10)3;/h4-5,7-8H,1-3H3;/q-1;+1. The van der Waals surface area contributed by atoms with Crippen LogP contribution in [0.25, 0.3) is 0 Å². The largest absolute Gasteiger partial charge is 1.00 e. The molecule has 11 heavy (non-hydrogen) atoms. The van der Waals surface area contributed by atoms with Gasteiger partial charge in [0.15, 0.2) is 0 Å². The van der Waals surface area contributed by atoms with E-state index in [1.54, 1.807) is 0 Å². The molecule has 0 saturated heterocycles. The van der Waals surface area contributed by atoms with Gasteiger partial charge in [0.1, 0.15) is 0 Å². The fourth-order valence-corrected chi connectivity index (χ4v) is 1.16. The Morgan fingerprint density at radius 2 is 2.00 bits per heavy atom. The Labute approximate surface area is 81.8 Å². The first kappa shape index (κ1) is 10.8. The normalized spacial score (nSPS) is 9.45. The second kappa shape index (κ2) is 4.67. The van der Waals surface area contributed by atoms with Gasteiger partial charge in [-0.05, 0) is 0 Å². The molecule has 1 aromatic carbocycles. The molecule has 0 heterocycles. The summed E-state index contributed by atoms with van der Waals surface area (Å²) in [6, 6.07) is 9.35. The molecule has 0 aliphatic rings. The molecular formula is C10H13Ru. The minimum Gasteiger partial charge on any atom is -0.180 e. The summed E-state index contributed by atoms with van der Waals surface area (Å²) in [5.41, 5.74) is 2.68. The molecule has 61 valence electrons. The molecule has 0 aliphatic carbocycles. The summed E-state index contributed by atoms with van der Waals surface area (Å²) in [5, 5.41) is 0. The van der Waals surface area contributed by atoms with Crippen molar-refractivity contribution in [3.63, 3.8) is 0 Å². The van der Waals surface area contributed by atoms with Crippen molar-refractivity contribution < 1.29 is 19.5 Å². The zero-order valence-electron chi connectivity index (χ0n) is 7.16. The Kier molecular flexibility index (Phi) is 4.60. The number of hydrogen-bond donors (Lipinski definition) is 0. The predicted octanol–water partition coefficient (Wildman–Crippen LogP) is 2.92. The van der Waals surface area contributed by atoms with Crippen molar-refractivity contribution in [1.29, 1.82) is 0 Å². The molecular weight excluding hydrogens is 221 g/mol. The van der Waals surface area contributed by atoms with Crippen LogP contribution in [-0.2, 0) is 19.5 Å². The molecule has 0 aliphatic heterocycles. The minimum absolute atomic E-state index is 0. The van der Waals surface area contributed by atoms with E-state index in [1.165, 1.54) is 11.1 Å². The van der Waals surface area contributed by atoms with Gasteiger partial charge < -0.3 is 0 Å². The first-order valence-electron chi connectivity index (χ1n) is 3.69. The molecule has 0 N–H and O–H groups in total. The molecule has 1 rings (SSSR count). The van der Waals surface area contributed by atoms with Crippen LogP contribution in [-0.4, -0.2) is 0 Å². The summed E-state index contributed by atoms with van der Waals surface area (Å²) >= 11 is 0. The topological polar surface area (TPSA) is 0 Å². The van der Waals surface area contributed by atoms with Crippen molar-refractivity contribution in [3.8, 4) is 0 Å². The van der Waals surface area contributed by atoms with Crippen LogP contribution in [0.2, 0.25) is 0 Å². The third kappa shape index (κ3) is 2.75. The zero-order chi connectivity index (χ0) is 7.56. The molecule has 0 fully saturated rings. The van der Waals surface area contributed by atoms with Gasteiger partial charge in [-0.15, -0.1) is 0 Å². The van der Waals surface area contributed by atoms with Crippen LogP contribution in [0.15, 0.2) is 18.2 Å². The molecule has 0 amide bonds. The van der Waals surface area contributed by atoms with Crippen LogP contribution >= 0.6 is 0 Å². The van der Waals surface area contributed by atoms with E-state index in [9.17, 15) is 0 Å². The SMILES string of the molecule is Cc1[c-]cccc1C(C)C.[Ru+]. The van der Waals surface area contributed by atoms with Gasteiger partial charge in [0.25, 0.3) is 0 Å². The molecule has 0 aromatic heterocycles. The molecule has 0 atom stereocenters. The maximum absolute atomic E-state index is 3.18. The first-order chi connectivity index (χ1) is 4.72. The summed E-state index contributed by atoms with van der Waals surface area (Å²) in [4.78, 5) is 0. The first-order valence-corrected chi connectivity index (χ1v) is 3.69. The maximum Gasteiger partial charge on any atom is 1.00 e. The van der Waals surface area contributed by atoms with Crippen molar-refractivity contribution in [3.05, 3.63) is 35.4 Å². The van der Waals surface area contributed by atoms with Crippen LogP contribution in [0.1, 0.15) is 30.9 Å². The van der Waals surface area contributed by atoms with Crippen LogP contribution in [0.5, 0.6) is 0 Å². The fourth-order valence-electron chi connectivity index (χ4n) is 1.16. The van der Waals surface area contributed by atoms with Gasteiger partial charge in [-0.25, -0.2) is 0 Å². The summed E-state index contributed by atoms with van der Waals surface area (Å²) in [6.45, 7) is 6.52. The molecule has 1 heteroatoms. The van der Waals surface area contributed by atoms with E-state index in [0.717, 1.165) is 0 Å². The Morgan fingerprint density at radius 3 is 2.36 bits per heavy atom. The van der Waals surface area contributed by atoms with E-state index >= 15 is 0 Å². The number of aryl methyl sites for hydroxylation is 1. The second-order valence-electron chi connectivity index (χ2n) is 2.91. The van der Waals surface area contributed by atoms with Crippen molar-refractivity contribution in [1.82, 2.24) is 0 Å². The van der Waals surface area contributed by atoms with Gasteiger partial charge in [-0.1, -0.05) is 26.7 Å². The van der Waals surface area contributed by atoms with E-state index in [4.69, 9.17) is 0 Å². The fraction of sp³-hybridized carbons (Fsp3) is 0.400. The van der Waals surface area contributed by atoms with E-state index in [0.29, 0.717) is 5.92 Å². The number of rotatable bonds is 1. The molecule has 0 unspecified atom stereocenters. The predicted molar refractivity (Wildman–Crippen MR) is 44.1 cm³/mol. The maximum atomic E-state index is 3.18. The Bertz CT molecular complexity index is 216. The average Bonchev–Trinajstić information content (AvgIpc) is 1.88. The van der Waals surface area contributed by atoms with Crippen molar-refractivity contribution in [2.24, 2.45) is 0 Å². The quantitative estimate of drug-likeness (QED) is 0.517. The summed E-state index contributed by atoms with van der Waals surface area (Å²) in [5.74, 6) is 0.623. The van der Waals surface area contributed by atoms with E-state index in [-0.39, 0.29) is 19.5 Å².